The van der Waals surface area contributed by atoms with Crippen LogP contribution in [0.1, 0.15) is 66.2 Å². The zero-order valence-electron chi connectivity index (χ0n) is 21.1. The summed E-state index contributed by atoms with van der Waals surface area (Å²) in [5.41, 5.74) is 0.713. The number of amides is 1. The van der Waals surface area contributed by atoms with E-state index in [0.29, 0.717) is 41.1 Å². The molecular weight excluding hydrogens is 503 g/mol. The molecule has 1 aliphatic rings. The number of nitrogens with zero attached hydrogens (tertiary/aromatic N) is 4. The van der Waals surface area contributed by atoms with Crippen molar-refractivity contribution >= 4 is 22.4 Å². The predicted molar refractivity (Wildman–Crippen MR) is 137 cm³/mol. The quantitative estimate of drug-likeness (QED) is 0.346. The third-order valence-corrected chi connectivity index (χ3v) is 7.22. The van der Waals surface area contributed by atoms with E-state index in [-0.39, 0.29) is 18.1 Å². The number of anilines is 1. The first kappa shape index (κ1) is 27.0. The Labute approximate surface area is 218 Å². The van der Waals surface area contributed by atoms with E-state index in [1.165, 1.54) is 29.8 Å². The Morgan fingerprint density at radius 3 is 2.73 bits per heavy atom. The van der Waals surface area contributed by atoms with E-state index in [9.17, 15) is 18.0 Å². The Hall–Kier alpha value is -3.05. The number of hydrogen-bond donors (Lipinski definition) is 1. The highest BCUT2D eigenvalue weighted by molar-refractivity contribution is 7.16. The SMILES string of the molecule is CCCOc1ccc(-c2nc(NC(=O)c3cnc(C)cn3)sc2CN2CCCC2CC)cc1C(F)(F)F. The second kappa shape index (κ2) is 11.6. The number of ether oxygens (including phenoxy) is 1. The van der Waals surface area contributed by atoms with Crippen molar-refractivity contribution in [2.24, 2.45) is 0 Å². The summed E-state index contributed by atoms with van der Waals surface area (Å²) in [6.07, 6.45) is 2.03. The maximum atomic E-state index is 13.9. The lowest BCUT2D eigenvalue weighted by Gasteiger charge is -2.23. The first-order valence-electron chi connectivity index (χ1n) is 12.4. The summed E-state index contributed by atoms with van der Waals surface area (Å²) >= 11 is 1.27. The molecule has 3 heterocycles. The lowest BCUT2D eigenvalue weighted by atomic mass is 10.1. The minimum Gasteiger partial charge on any atom is -0.493 e. The number of alkyl halides is 3. The second-order valence-corrected chi connectivity index (χ2v) is 10.1. The minimum atomic E-state index is -4.58. The van der Waals surface area contributed by atoms with Gasteiger partial charge in [-0.2, -0.15) is 13.2 Å². The molecule has 0 radical (unpaired) electrons. The van der Waals surface area contributed by atoms with Crippen molar-refractivity contribution < 1.29 is 22.7 Å². The van der Waals surface area contributed by atoms with Gasteiger partial charge in [0.2, 0.25) is 0 Å². The largest absolute Gasteiger partial charge is 0.493 e. The van der Waals surface area contributed by atoms with E-state index in [4.69, 9.17) is 4.74 Å². The molecule has 1 aliphatic heterocycles. The van der Waals surface area contributed by atoms with Crippen LogP contribution in [0.5, 0.6) is 5.75 Å². The van der Waals surface area contributed by atoms with Crippen LogP contribution in [0, 0.1) is 6.92 Å². The van der Waals surface area contributed by atoms with Gasteiger partial charge in [0.15, 0.2) is 5.13 Å². The summed E-state index contributed by atoms with van der Waals surface area (Å²) in [4.78, 5) is 28.6. The van der Waals surface area contributed by atoms with E-state index in [2.05, 4.69) is 32.1 Å². The maximum Gasteiger partial charge on any atom is 0.419 e. The van der Waals surface area contributed by atoms with Crippen molar-refractivity contribution in [2.45, 2.75) is 65.2 Å². The van der Waals surface area contributed by atoms with Gasteiger partial charge in [0.05, 0.1) is 29.8 Å². The number of nitrogens with one attached hydrogen (secondary N) is 1. The van der Waals surface area contributed by atoms with Crippen LogP contribution in [0.25, 0.3) is 11.3 Å². The van der Waals surface area contributed by atoms with Crippen molar-refractivity contribution in [1.82, 2.24) is 19.9 Å². The first-order chi connectivity index (χ1) is 17.7. The lowest BCUT2D eigenvalue weighted by molar-refractivity contribution is -0.138. The molecule has 0 aliphatic carbocycles. The molecule has 0 saturated carbocycles. The summed E-state index contributed by atoms with van der Waals surface area (Å²) in [6.45, 7) is 7.38. The number of thiazole rings is 1. The molecule has 1 N–H and O–H groups in total. The van der Waals surface area contributed by atoms with E-state index >= 15 is 0 Å². The zero-order valence-corrected chi connectivity index (χ0v) is 21.9. The summed E-state index contributed by atoms with van der Waals surface area (Å²) in [6, 6.07) is 4.44. The van der Waals surface area contributed by atoms with Gasteiger partial charge in [-0.15, -0.1) is 0 Å². The Morgan fingerprint density at radius 2 is 2.05 bits per heavy atom. The molecule has 11 heteroatoms. The third-order valence-electron chi connectivity index (χ3n) is 6.27. The Balaban J connectivity index is 1.71. The fraction of sp³-hybridized carbons (Fsp3) is 0.462. The van der Waals surface area contributed by atoms with Crippen LogP contribution >= 0.6 is 11.3 Å². The van der Waals surface area contributed by atoms with Crippen molar-refractivity contribution in [3.63, 3.8) is 0 Å². The van der Waals surface area contributed by atoms with Crippen LogP contribution in [-0.4, -0.2) is 45.0 Å². The Bertz CT molecular complexity index is 1230. The second-order valence-electron chi connectivity index (χ2n) is 9.02. The highest BCUT2D eigenvalue weighted by Crippen LogP contribution is 2.41. The summed E-state index contributed by atoms with van der Waals surface area (Å²) in [5, 5.41) is 3.04. The lowest BCUT2D eigenvalue weighted by Crippen LogP contribution is -2.28. The van der Waals surface area contributed by atoms with Crippen molar-refractivity contribution in [2.75, 3.05) is 18.5 Å². The number of hydrogen-bond acceptors (Lipinski definition) is 7. The Kier molecular flexibility index (Phi) is 8.43. The molecule has 2 aromatic heterocycles. The van der Waals surface area contributed by atoms with Crippen LogP contribution in [0.2, 0.25) is 0 Å². The van der Waals surface area contributed by atoms with Crippen LogP contribution in [0.4, 0.5) is 18.3 Å². The van der Waals surface area contributed by atoms with Crippen molar-refractivity contribution in [3.05, 3.63) is 52.4 Å². The fourth-order valence-corrected chi connectivity index (χ4v) is 5.40. The molecule has 3 aromatic rings. The Morgan fingerprint density at radius 1 is 1.24 bits per heavy atom. The molecule has 37 heavy (non-hydrogen) atoms. The normalized spacial score (nSPS) is 16.2. The molecule has 1 saturated heterocycles. The van der Waals surface area contributed by atoms with E-state index in [1.54, 1.807) is 13.0 Å². The van der Waals surface area contributed by atoms with Gasteiger partial charge in [0, 0.05) is 29.2 Å². The van der Waals surface area contributed by atoms with Crippen LogP contribution in [0.3, 0.4) is 0 Å². The molecule has 1 unspecified atom stereocenters. The van der Waals surface area contributed by atoms with E-state index < -0.39 is 17.6 Å². The molecule has 1 amide bonds. The minimum absolute atomic E-state index is 0.131. The number of rotatable bonds is 9. The van der Waals surface area contributed by atoms with Gasteiger partial charge in [-0.25, -0.2) is 9.97 Å². The van der Waals surface area contributed by atoms with Crippen LogP contribution < -0.4 is 10.1 Å². The predicted octanol–water partition coefficient (Wildman–Crippen LogP) is 6.34. The molecule has 1 atom stereocenters. The average molecular weight is 534 g/mol. The number of aromatic nitrogens is 3. The van der Waals surface area contributed by atoms with Gasteiger partial charge in [-0.3, -0.25) is 20.0 Å². The molecule has 0 bridgehead atoms. The standard InChI is InChI=1S/C26H30F3N5O2S/c1-4-11-36-21-9-8-17(12-19(21)26(27,28)29)23-22(15-34-10-6-7-18(34)5-2)37-25(32-23)33-24(35)20-14-30-16(3)13-31-20/h8-9,12-14,18H,4-7,10-11,15H2,1-3H3,(H,32,33,35). The molecule has 1 aromatic carbocycles. The van der Waals surface area contributed by atoms with Gasteiger partial charge >= 0.3 is 6.18 Å². The van der Waals surface area contributed by atoms with Crippen LogP contribution in [-0.2, 0) is 12.7 Å². The number of likely N-dealkylation sites (tertiary alicyclic amines) is 1. The monoisotopic (exact) mass is 533 g/mol. The molecule has 7 nitrogen and oxygen atoms in total. The highest BCUT2D eigenvalue weighted by Gasteiger charge is 2.35. The fourth-order valence-electron chi connectivity index (χ4n) is 4.40. The number of carbonyl (C=O) groups is 1. The van der Waals surface area contributed by atoms with Gasteiger partial charge in [-0.1, -0.05) is 25.2 Å². The summed E-state index contributed by atoms with van der Waals surface area (Å²) in [5.74, 6) is -0.682. The molecule has 4 rings (SSSR count). The number of carbonyl (C=O) groups excluding carboxylic acids is 1. The van der Waals surface area contributed by atoms with Crippen LogP contribution in [0.15, 0.2) is 30.6 Å². The summed E-state index contributed by atoms with van der Waals surface area (Å²) < 4.78 is 47.1. The van der Waals surface area contributed by atoms with Gasteiger partial charge in [-0.05, 0) is 57.4 Å². The van der Waals surface area contributed by atoms with E-state index in [1.807, 2.05) is 6.92 Å². The van der Waals surface area contributed by atoms with Gasteiger partial charge in [0.25, 0.3) is 5.91 Å². The number of halogens is 3. The third kappa shape index (κ3) is 6.45. The topological polar surface area (TPSA) is 80.2 Å². The van der Waals surface area contributed by atoms with Gasteiger partial charge in [0.1, 0.15) is 11.4 Å². The smallest absolute Gasteiger partial charge is 0.419 e. The van der Waals surface area contributed by atoms with Gasteiger partial charge < -0.3 is 4.74 Å². The number of aryl methyl sites for hydroxylation is 1. The molecule has 1 fully saturated rings. The summed E-state index contributed by atoms with van der Waals surface area (Å²) in [7, 11) is 0. The maximum absolute atomic E-state index is 13.9. The van der Waals surface area contributed by atoms with Crippen molar-refractivity contribution in [1.29, 1.82) is 0 Å². The average Bonchev–Trinajstić information content (AvgIpc) is 3.49. The number of benzene rings is 1. The molecule has 198 valence electrons. The van der Waals surface area contributed by atoms with Crippen molar-refractivity contribution in [3.8, 4) is 17.0 Å². The highest BCUT2D eigenvalue weighted by atomic mass is 32.1. The zero-order chi connectivity index (χ0) is 26.6. The van der Waals surface area contributed by atoms with E-state index in [0.717, 1.165) is 36.8 Å². The molecule has 0 spiro atoms. The first-order valence-corrected chi connectivity index (χ1v) is 13.2. The molecular formula is C26H30F3N5O2S.